The van der Waals surface area contributed by atoms with Crippen LogP contribution in [0.3, 0.4) is 0 Å². The van der Waals surface area contributed by atoms with Crippen LogP contribution >= 0.6 is 11.7 Å². The Kier molecular flexibility index (Phi) is 2.96. The number of aromatic amines is 1. The lowest BCUT2D eigenvalue weighted by Gasteiger charge is -2.08. The SMILES string of the molecule is O=c1[nH]c2ccc(NS(=O)(=O)c3cccc4nsnc34)cc2o1. The largest absolute Gasteiger partial charge is 0.417 e. The van der Waals surface area contributed by atoms with Gasteiger partial charge >= 0.3 is 5.76 Å². The maximum Gasteiger partial charge on any atom is 0.417 e. The Balaban J connectivity index is 1.79. The van der Waals surface area contributed by atoms with Crippen LogP contribution in [0.25, 0.3) is 22.1 Å². The average molecular weight is 348 g/mol. The van der Waals surface area contributed by atoms with E-state index in [0.29, 0.717) is 16.6 Å². The number of anilines is 1. The van der Waals surface area contributed by atoms with Gasteiger partial charge in [0.15, 0.2) is 5.58 Å². The van der Waals surface area contributed by atoms with Crippen molar-refractivity contribution in [2.75, 3.05) is 4.72 Å². The fourth-order valence-corrected chi connectivity index (χ4v) is 4.03. The molecule has 2 aromatic heterocycles. The first kappa shape index (κ1) is 13.9. The van der Waals surface area contributed by atoms with E-state index in [1.54, 1.807) is 18.2 Å². The zero-order valence-electron chi connectivity index (χ0n) is 11.3. The first-order valence-electron chi connectivity index (χ1n) is 6.40. The van der Waals surface area contributed by atoms with E-state index >= 15 is 0 Å². The number of hydrogen-bond acceptors (Lipinski definition) is 7. The molecule has 116 valence electrons. The lowest BCUT2D eigenvalue weighted by atomic mass is 10.3. The molecule has 0 bridgehead atoms. The van der Waals surface area contributed by atoms with Gasteiger partial charge in [0.05, 0.1) is 22.9 Å². The number of fused-ring (bicyclic) bond motifs is 2. The van der Waals surface area contributed by atoms with Gasteiger partial charge in [-0.05, 0) is 24.3 Å². The predicted octanol–water partition coefficient (Wildman–Crippen LogP) is 1.93. The van der Waals surface area contributed by atoms with Crippen molar-refractivity contribution in [3.05, 3.63) is 46.9 Å². The van der Waals surface area contributed by atoms with Gasteiger partial charge in [0.1, 0.15) is 15.9 Å². The number of aromatic nitrogens is 3. The summed E-state index contributed by atoms with van der Waals surface area (Å²) < 4.78 is 40.6. The van der Waals surface area contributed by atoms with Gasteiger partial charge in [-0.25, -0.2) is 13.2 Å². The first-order chi connectivity index (χ1) is 11.0. The smallest absolute Gasteiger partial charge is 0.408 e. The Morgan fingerprint density at radius 2 is 2.04 bits per heavy atom. The van der Waals surface area contributed by atoms with Crippen molar-refractivity contribution in [2.45, 2.75) is 4.90 Å². The Labute approximate surface area is 133 Å². The number of hydrogen-bond donors (Lipinski definition) is 2. The molecule has 23 heavy (non-hydrogen) atoms. The first-order valence-corrected chi connectivity index (χ1v) is 8.61. The molecule has 0 saturated heterocycles. The van der Waals surface area contributed by atoms with Crippen molar-refractivity contribution in [3.8, 4) is 0 Å². The van der Waals surface area contributed by atoms with E-state index in [4.69, 9.17) is 4.42 Å². The van der Waals surface area contributed by atoms with Crippen LogP contribution in [0.4, 0.5) is 5.69 Å². The highest BCUT2D eigenvalue weighted by molar-refractivity contribution is 7.93. The molecule has 0 atom stereocenters. The normalized spacial score (nSPS) is 12.0. The second-order valence-electron chi connectivity index (χ2n) is 4.72. The zero-order valence-corrected chi connectivity index (χ0v) is 12.9. The number of nitrogens with zero attached hydrogens (tertiary/aromatic N) is 2. The van der Waals surface area contributed by atoms with Crippen molar-refractivity contribution in [1.29, 1.82) is 0 Å². The lowest BCUT2D eigenvalue weighted by molar-refractivity contribution is 0.555. The minimum atomic E-state index is -3.85. The molecule has 0 amide bonds. The second-order valence-corrected chi connectivity index (χ2v) is 6.90. The Morgan fingerprint density at radius 3 is 2.91 bits per heavy atom. The number of sulfonamides is 1. The number of rotatable bonds is 3. The molecule has 0 radical (unpaired) electrons. The quantitative estimate of drug-likeness (QED) is 0.584. The van der Waals surface area contributed by atoms with Crippen molar-refractivity contribution < 1.29 is 12.8 Å². The molecule has 8 nitrogen and oxygen atoms in total. The van der Waals surface area contributed by atoms with Crippen LogP contribution in [-0.4, -0.2) is 22.1 Å². The van der Waals surface area contributed by atoms with E-state index < -0.39 is 15.8 Å². The van der Waals surface area contributed by atoms with Crippen LogP contribution in [-0.2, 0) is 10.0 Å². The van der Waals surface area contributed by atoms with Crippen LogP contribution in [0.5, 0.6) is 0 Å². The summed E-state index contributed by atoms with van der Waals surface area (Å²) in [5.74, 6) is -0.599. The molecule has 2 heterocycles. The molecular formula is C13H8N4O4S2. The molecule has 4 aromatic rings. The Morgan fingerprint density at radius 1 is 1.17 bits per heavy atom. The lowest BCUT2D eigenvalue weighted by Crippen LogP contribution is -2.13. The molecular weight excluding hydrogens is 340 g/mol. The van der Waals surface area contributed by atoms with E-state index in [1.165, 1.54) is 18.2 Å². The maximum atomic E-state index is 12.6. The minimum absolute atomic E-state index is 0.0411. The number of H-pyrrole nitrogens is 1. The van der Waals surface area contributed by atoms with Crippen molar-refractivity contribution in [3.63, 3.8) is 0 Å². The highest BCUT2D eigenvalue weighted by Crippen LogP contribution is 2.24. The van der Waals surface area contributed by atoms with Crippen LogP contribution in [0.2, 0.25) is 0 Å². The number of benzene rings is 2. The van der Waals surface area contributed by atoms with Crippen LogP contribution in [0.1, 0.15) is 0 Å². The molecule has 0 aliphatic carbocycles. The van der Waals surface area contributed by atoms with Gasteiger partial charge in [0, 0.05) is 6.07 Å². The molecule has 0 saturated carbocycles. The molecule has 0 unspecified atom stereocenters. The number of oxazole rings is 1. The van der Waals surface area contributed by atoms with Crippen molar-refractivity contribution in [2.24, 2.45) is 0 Å². The highest BCUT2D eigenvalue weighted by Gasteiger charge is 2.20. The summed E-state index contributed by atoms with van der Waals surface area (Å²) in [6.07, 6.45) is 0. The van der Waals surface area contributed by atoms with Gasteiger partial charge in [-0.3, -0.25) is 9.71 Å². The van der Waals surface area contributed by atoms with E-state index in [-0.39, 0.29) is 16.2 Å². The third-order valence-corrected chi connectivity index (χ3v) is 5.17. The average Bonchev–Trinajstić information content (AvgIpc) is 3.10. The molecule has 2 N–H and O–H groups in total. The monoisotopic (exact) mass is 348 g/mol. The van der Waals surface area contributed by atoms with Crippen LogP contribution < -0.4 is 10.5 Å². The van der Waals surface area contributed by atoms with Gasteiger partial charge in [-0.15, -0.1) is 0 Å². The molecule has 0 fully saturated rings. The minimum Gasteiger partial charge on any atom is -0.408 e. The summed E-state index contributed by atoms with van der Waals surface area (Å²) in [4.78, 5) is 13.7. The highest BCUT2D eigenvalue weighted by atomic mass is 32.2. The fraction of sp³-hybridized carbons (Fsp3) is 0. The molecule has 0 aliphatic rings. The van der Waals surface area contributed by atoms with Gasteiger partial charge in [0.25, 0.3) is 10.0 Å². The van der Waals surface area contributed by atoms with E-state index in [0.717, 1.165) is 11.7 Å². The third-order valence-electron chi connectivity index (χ3n) is 3.21. The van der Waals surface area contributed by atoms with E-state index in [2.05, 4.69) is 18.5 Å². The van der Waals surface area contributed by atoms with Crippen molar-refractivity contribution in [1.82, 2.24) is 13.7 Å². The summed E-state index contributed by atoms with van der Waals surface area (Å²) in [5.41, 5.74) is 1.87. The summed E-state index contributed by atoms with van der Waals surface area (Å²) >= 11 is 0.948. The molecule has 4 rings (SSSR count). The van der Waals surface area contributed by atoms with E-state index in [9.17, 15) is 13.2 Å². The molecule has 2 aromatic carbocycles. The van der Waals surface area contributed by atoms with E-state index in [1.807, 2.05) is 0 Å². The van der Waals surface area contributed by atoms with Crippen LogP contribution in [0.15, 0.2) is 50.5 Å². The van der Waals surface area contributed by atoms with Gasteiger partial charge in [-0.2, -0.15) is 8.75 Å². The summed E-state index contributed by atoms with van der Waals surface area (Å²) in [5, 5.41) is 0. The van der Waals surface area contributed by atoms with Crippen molar-refractivity contribution >= 4 is 49.6 Å². The molecule has 0 spiro atoms. The topological polar surface area (TPSA) is 118 Å². The maximum absolute atomic E-state index is 12.6. The molecule has 0 aliphatic heterocycles. The van der Waals surface area contributed by atoms with Crippen LogP contribution in [0, 0.1) is 0 Å². The fourth-order valence-electron chi connectivity index (χ4n) is 2.22. The zero-order chi connectivity index (χ0) is 16.0. The van der Waals surface area contributed by atoms with Gasteiger partial charge in [-0.1, -0.05) is 6.07 Å². The number of nitrogens with one attached hydrogen (secondary N) is 2. The predicted molar refractivity (Wildman–Crippen MR) is 85.1 cm³/mol. The molecule has 10 heteroatoms. The van der Waals surface area contributed by atoms with Gasteiger partial charge in [0.2, 0.25) is 0 Å². The third kappa shape index (κ3) is 2.37. The summed E-state index contributed by atoms with van der Waals surface area (Å²) in [6, 6.07) is 9.28. The summed E-state index contributed by atoms with van der Waals surface area (Å²) in [7, 11) is -3.85. The summed E-state index contributed by atoms with van der Waals surface area (Å²) in [6.45, 7) is 0. The standard InChI is InChI=1S/C13H8N4O4S2/c18-13-14-8-5-4-7(6-10(8)21-13)17-23(19,20)11-3-1-2-9-12(11)16-22-15-9/h1-6,17H,(H,14,18). The van der Waals surface area contributed by atoms with Gasteiger partial charge < -0.3 is 4.42 Å². The Bertz CT molecular complexity index is 1190. The second kappa shape index (κ2) is 4.89. The Hall–Kier alpha value is -2.72.